The molecule has 1 aromatic carbocycles. The van der Waals surface area contributed by atoms with Gasteiger partial charge in [-0.2, -0.15) is 0 Å². The Bertz CT molecular complexity index is 327. The zero-order valence-corrected chi connectivity index (χ0v) is 10.1. The number of hydrogen-bond donors (Lipinski definition) is 3. The van der Waals surface area contributed by atoms with Gasteiger partial charge in [0, 0.05) is 20.0 Å². The standard InChI is InChI=1S/C13H20N2O2/c1-14-13(17)8-5-9-15-10-12(16)11-6-3-2-4-7-11/h2-4,6-7,12,15-16H,5,8-10H2,1H3,(H,14,17). The third-order valence-corrected chi connectivity index (χ3v) is 2.56. The molecule has 0 radical (unpaired) electrons. The van der Waals surface area contributed by atoms with Crippen molar-refractivity contribution in [3.8, 4) is 0 Å². The molecule has 0 saturated heterocycles. The molecule has 0 fully saturated rings. The second-order valence-corrected chi connectivity index (χ2v) is 3.91. The Morgan fingerprint density at radius 2 is 2.06 bits per heavy atom. The van der Waals surface area contributed by atoms with Crippen LogP contribution in [0, 0.1) is 0 Å². The van der Waals surface area contributed by atoms with E-state index in [4.69, 9.17) is 0 Å². The fourth-order valence-electron chi connectivity index (χ4n) is 1.53. The van der Waals surface area contributed by atoms with E-state index in [0.29, 0.717) is 13.0 Å². The first-order chi connectivity index (χ1) is 8.24. The quantitative estimate of drug-likeness (QED) is 0.615. The van der Waals surface area contributed by atoms with E-state index in [9.17, 15) is 9.90 Å². The first-order valence-corrected chi connectivity index (χ1v) is 5.88. The topological polar surface area (TPSA) is 61.4 Å². The highest BCUT2D eigenvalue weighted by Gasteiger charge is 2.05. The van der Waals surface area contributed by atoms with Crippen LogP contribution in [-0.2, 0) is 4.79 Å². The summed E-state index contributed by atoms with van der Waals surface area (Å²) >= 11 is 0. The van der Waals surface area contributed by atoms with Crippen molar-refractivity contribution in [1.29, 1.82) is 0 Å². The van der Waals surface area contributed by atoms with Crippen LogP contribution in [0.15, 0.2) is 30.3 Å². The molecule has 0 aromatic heterocycles. The Kier molecular flexibility index (Phi) is 6.29. The molecule has 1 amide bonds. The van der Waals surface area contributed by atoms with Gasteiger partial charge in [0.2, 0.25) is 5.91 Å². The van der Waals surface area contributed by atoms with Gasteiger partial charge in [0.1, 0.15) is 0 Å². The van der Waals surface area contributed by atoms with Gasteiger partial charge in [0.05, 0.1) is 6.10 Å². The Balaban J connectivity index is 2.13. The van der Waals surface area contributed by atoms with Gasteiger partial charge in [-0.05, 0) is 18.5 Å². The third kappa shape index (κ3) is 5.47. The molecule has 4 nitrogen and oxygen atoms in total. The highest BCUT2D eigenvalue weighted by atomic mass is 16.3. The fourth-order valence-corrected chi connectivity index (χ4v) is 1.53. The first kappa shape index (κ1) is 13.7. The minimum absolute atomic E-state index is 0.0513. The second kappa shape index (κ2) is 7.81. The van der Waals surface area contributed by atoms with Crippen LogP contribution in [0.2, 0.25) is 0 Å². The summed E-state index contributed by atoms with van der Waals surface area (Å²) in [5.41, 5.74) is 0.909. The molecule has 1 aromatic rings. The number of carbonyl (C=O) groups is 1. The highest BCUT2D eigenvalue weighted by molar-refractivity contribution is 5.75. The number of amides is 1. The lowest BCUT2D eigenvalue weighted by molar-refractivity contribution is -0.120. The summed E-state index contributed by atoms with van der Waals surface area (Å²) in [6.07, 6.45) is 0.808. The number of carbonyl (C=O) groups excluding carboxylic acids is 1. The summed E-state index contributed by atoms with van der Waals surface area (Å²) in [4.78, 5) is 10.9. The van der Waals surface area contributed by atoms with E-state index in [0.717, 1.165) is 18.5 Å². The second-order valence-electron chi connectivity index (χ2n) is 3.91. The maximum atomic E-state index is 10.9. The maximum Gasteiger partial charge on any atom is 0.219 e. The Labute approximate surface area is 102 Å². The average Bonchev–Trinajstić information content (AvgIpc) is 2.38. The van der Waals surface area contributed by atoms with Gasteiger partial charge in [0.15, 0.2) is 0 Å². The van der Waals surface area contributed by atoms with Crippen molar-refractivity contribution in [1.82, 2.24) is 10.6 Å². The van der Waals surface area contributed by atoms with Gasteiger partial charge < -0.3 is 15.7 Å². The zero-order valence-electron chi connectivity index (χ0n) is 10.1. The van der Waals surface area contributed by atoms with E-state index in [1.165, 1.54) is 0 Å². The van der Waals surface area contributed by atoms with Crippen LogP contribution in [0.25, 0.3) is 0 Å². The van der Waals surface area contributed by atoms with E-state index < -0.39 is 6.10 Å². The van der Waals surface area contributed by atoms with Crippen LogP contribution in [0.1, 0.15) is 24.5 Å². The van der Waals surface area contributed by atoms with Crippen molar-refractivity contribution < 1.29 is 9.90 Å². The van der Waals surface area contributed by atoms with E-state index in [1.807, 2.05) is 30.3 Å². The molecule has 0 bridgehead atoms. The number of benzene rings is 1. The fraction of sp³-hybridized carbons (Fsp3) is 0.462. The molecular weight excluding hydrogens is 216 g/mol. The van der Waals surface area contributed by atoms with E-state index in [-0.39, 0.29) is 5.91 Å². The van der Waals surface area contributed by atoms with Crippen LogP contribution in [-0.4, -0.2) is 31.2 Å². The summed E-state index contributed by atoms with van der Waals surface area (Å²) in [7, 11) is 1.63. The molecule has 1 unspecified atom stereocenters. The summed E-state index contributed by atoms with van der Waals surface area (Å²) in [5, 5.41) is 15.5. The number of rotatable bonds is 7. The monoisotopic (exact) mass is 236 g/mol. The van der Waals surface area contributed by atoms with Gasteiger partial charge >= 0.3 is 0 Å². The van der Waals surface area contributed by atoms with Crippen LogP contribution in [0.4, 0.5) is 0 Å². The highest BCUT2D eigenvalue weighted by Crippen LogP contribution is 2.10. The first-order valence-electron chi connectivity index (χ1n) is 5.88. The predicted octanol–water partition coefficient (Wildman–Crippen LogP) is 0.836. The zero-order chi connectivity index (χ0) is 12.5. The van der Waals surface area contributed by atoms with Crippen molar-refractivity contribution in [3.63, 3.8) is 0 Å². The normalized spacial score (nSPS) is 12.1. The Morgan fingerprint density at radius 3 is 2.71 bits per heavy atom. The lowest BCUT2D eigenvalue weighted by atomic mass is 10.1. The molecule has 17 heavy (non-hydrogen) atoms. The number of aliphatic hydroxyl groups excluding tert-OH is 1. The molecule has 4 heteroatoms. The summed E-state index contributed by atoms with van der Waals surface area (Å²) < 4.78 is 0. The molecule has 0 spiro atoms. The number of aliphatic hydroxyl groups is 1. The molecule has 94 valence electrons. The third-order valence-electron chi connectivity index (χ3n) is 2.56. The Morgan fingerprint density at radius 1 is 1.35 bits per heavy atom. The van der Waals surface area contributed by atoms with E-state index in [2.05, 4.69) is 10.6 Å². The molecular formula is C13H20N2O2. The summed E-state index contributed by atoms with van der Waals surface area (Å²) in [6, 6.07) is 9.54. The predicted molar refractivity (Wildman–Crippen MR) is 67.6 cm³/mol. The maximum absolute atomic E-state index is 10.9. The summed E-state index contributed by atoms with van der Waals surface area (Å²) in [6.45, 7) is 1.25. The molecule has 1 rings (SSSR count). The molecule has 0 heterocycles. The van der Waals surface area contributed by atoms with Crippen LogP contribution >= 0.6 is 0 Å². The van der Waals surface area contributed by atoms with Gasteiger partial charge in [-0.25, -0.2) is 0 Å². The van der Waals surface area contributed by atoms with Gasteiger partial charge in [-0.3, -0.25) is 4.79 Å². The minimum Gasteiger partial charge on any atom is -0.387 e. The number of nitrogens with one attached hydrogen (secondary N) is 2. The van der Waals surface area contributed by atoms with Crippen molar-refractivity contribution in [2.45, 2.75) is 18.9 Å². The van der Waals surface area contributed by atoms with Gasteiger partial charge in [0.25, 0.3) is 0 Å². The Hall–Kier alpha value is -1.39. The van der Waals surface area contributed by atoms with Gasteiger partial charge in [-0.1, -0.05) is 30.3 Å². The molecule has 1 atom stereocenters. The van der Waals surface area contributed by atoms with Crippen LogP contribution in [0.5, 0.6) is 0 Å². The van der Waals surface area contributed by atoms with Crippen molar-refractivity contribution in [3.05, 3.63) is 35.9 Å². The average molecular weight is 236 g/mol. The van der Waals surface area contributed by atoms with E-state index in [1.54, 1.807) is 7.05 Å². The lowest BCUT2D eigenvalue weighted by Crippen LogP contribution is -2.24. The minimum atomic E-state index is -0.490. The van der Waals surface area contributed by atoms with E-state index >= 15 is 0 Å². The SMILES string of the molecule is CNC(=O)CCCNCC(O)c1ccccc1. The number of hydrogen-bond acceptors (Lipinski definition) is 3. The smallest absolute Gasteiger partial charge is 0.219 e. The molecule has 0 aliphatic rings. The van der Waals surface area contributed by atoms with Crippen molar-refractivity contribution in [2.75, 3.05) is 20.1 Å². The molecule has 0 aliphatic heterocycles. The molecule has 3 N–H and O–H groups in total. The van der Waals surface area contributed by atoms with Crippen LogP contribution < -0.4 is 10.6 Å². The largest absolute Gasteiger partial charge is 0.387 e. The van der Waals surface area contributed by atoms with Crippen molar-refractivity contribution in [2.24, 2.45) is 0 Å². The van der Waals surface area contributed by atoms with Gasteiger partial charge in [-0.15, -0.1) is 0 Å². The van der Waals surface area contributed by atoms with Crippen molar-refractivity contribution >= 4 is 5.91 Å². The lowest BCUT2D eigenvalue weighted by Gasteiger charge is -2.11. The molecule has 0 saturated carbocycles. The summed E-state index contributed by atoms with van der Waals surface area (Å²) in [5.74, 6) is 0.0513. The molecule has 0 aliphatic carbocycles. The van der Waals surface area contributed by atoms with Crippen LogP contribution in [0.3, 0.4) is 0 Å².